The summed E-state index contributed by atoms with van der Waals surface area (Å²) in [5.74, 6) is -1.19. The van der Waals surface area contributed by atoms with Crippen molar-refractivity contribution in [2.45, 2.75) is 45.1 Å². The van der Waals surface area contributed by atoms with Crippen molar-refractivity contribution < 1.29 is 19.5 Å². The van der Waals surface area contributed by atoms with E-state index >= 15 is 0 Å². The van der Waals surface area contributed by atoms with Gasteiger partial charge in [0.2, 0.25) is 5.91 Å². The molecule has 6 nitrogen and oxygen atoms in total. The van der Waals surface area contributed by atoms with Crippen LogP contribution in [0.4, 0.5) is 5.00 Å². The van der Waals surface area contributed by atoms with Crippen molar-refractivity contribution in [2.24, 2.45) is 5.92 Å². The number of carboxylic acid groups (broad SMARTS) is 1. The van der Waals surface area contributed by atoms with Gasteiger partial charge in [0.1, 0.15) is 5.00 Å². The molecule has 2 aromatic rings. The van der Waals surface area contributed by atoms with Crippen molar-refractivity contribution in [2.75, 3.05) is 11.9 Å². The molecular weight excluding hydrogens is 424 g/mol. The summed E-state index contributed by atoms with van der Waals surface area (Å²) in [5.41, 5.74) is 1.27. The SMILES string of the molecule is O=C(Nc1sc2c(c1C(=O)O)CCN(C(=O)C1CCCCC1)C2)c1ccc(Cl)cc1. The van der Waals surface area contributed by atoms with Crippen LogP contribution in [0, 0.1) is 5.92 Å². The molecule has 1 aromatic carbocycles. The van der Waals surface area contributed by atoms with Crippen LogP contribution in [-0.2, 0) is 17.8 Å². The highest BCUT2D eigenvalue weighted by atomic mass is 35.5. The first-order chi connectivity index (χ1) is 14.4. The number of nitrogens with zero attached hydrogens (tertiary/aromatic N) is 1. The van der Waals surface area contributed by atoms with E-state index in [0.29, 0.717) is 35.1 Å². The van der Waals surface area contributed by atoms with Crippen molar-refractivity contribution in [1.29, 1.82) is 0 Å². The summed E-state index contributed by atoms with van der Waals surface area (Å²) < 4.78 is 0. The van der Waals surface area contributed by atoms with Crippen molar-refractivity contribution in [3.05, 3.63) is 50.9 Å². The summed E-state index contributed by atoms with van der Waals surface area (Å²) in [6.45, 7) is 0.927. The van der Waals surface area contributed by atoms with E-state index in [1.54, 1.807) is 24.3 Å². The maximum absolute atomic E-state index is 12.9. The van der Waals surface area contributed by atoms with Crippen molar-refractivity contribution in [3.8, 4) is 0 Å². The number of halogens is 1. The third-order valence-electron chi connectivity index (χ3n) is 5.87. The van der Waals surface area contributed by atoms with Gasteiger partial charge < -0.3 is 15.3 Å². The normalized spacial score (nSPS) is 16.8. The Labute approximate surface area is 183 Å². The molecule has 0 saturated heterocycles. The van der Waals surface area contributed by atoms with Crippen molar-refractivity contribution >= 4 is 45.7 Å². The molecule has 1 fully saturated rings. The van der Waals surface area contributed by atoms with E-state index in [4.69, 9.17) is 11.6 Å². The lowest BCUT2D eigenvalue weighted by Crippen LogP contribution is -2.40. The van der Waals surface area contributed by atoms with E-state index < -0.39 is 5.97 Å². The van der Waals surface area contributed by atoms with E-state index in [0.717, 1.165) is 36.1 Å². The molecule has 0 spiro atoms. The molecule has 8 heteroatoms. The van der Waals surface area contributed by atoms with Gasteiger partial charge in [0.25, 0.3) is 5.91 Å². The molecule has 0 unspecified atom stereocenters. The van der Waals surface area contributed by atoms with Gasteiger partial charge >= 0.3 is 5.97 Å². The van der Waals surface area contributed by atoms with Gasteiger partial charge in [0.15, 0.2) is 0 Å². The lowest BCUT2D eigenvalue weighted by atomic mass is 9.88. The Balaban J connectivity index is 1.55. The van der Waals surface area contributed by atoms with Gasteiger partial charge in [-0.2, -0.15) is 0 Å². The molecule has 1 aromatic heterocycles. The summed E-state index contributed by atoms with van der Waals surface area (Å²) in [6.07, 6.45) is 5.75. The molecule has 2 aliphatic rings. The van der Waals surface area contributed by atoms with E-state index in [9.17, 15) is 19.5 Å². The fraction of sp³-hybridized carbons (Fsp3) is 0.409. The molecule has 0 bridgehead atoms. The van der Waals surface area contributed by atoms with Crippen LogP contribution in [0.25, 0.3) is 0 Å². The Bertz CT molecular complexity index is 980. The molecule has 158 valence electrons. The number of carbonyl (C=O) groups is 3. The second kappa shape index (κ2) is 8.78. The third kappa shape index (κ3) is 4.23. The number of hydrogen-bond donors (Lipinski definition) is 2. The highest BCUT2D eigenvalue weighted by Gasteiger charge is 2.33. The molecule has 1 aliphatic heterocycles. The lowest BCUT2D eigenvalue weighted by Gasteiger charge is -2.32. The van der Waals surface area contributed by atoms with E-state index in [2.05, 4.69) is 5.32 Å². The zero-order chi connectivity index (χ0) is 21.3. The quantitative estimate of drug-likeness (QED) is 0.705. The van der Waals surface area contributed by atoms with E-state index in [1.807, 2.05) is 4.90 Å². The van der Waals surface area contributed by atoms with Crippen LogP contribution in [0.15, 0.2) is 24.3 Å². The Morgan fingerprint density at radius 2 is 1.80 bits per heavy atom. The number of aromatic carboxylic acids is 1. The monoisotopic (exact) mass is 446 g/mol. The topological polar surface area (TPSA) is 86.7 Å². The predicted octanol–water partition coefficient (Wildman–Crippen LogP) is 4.82. The number of carbonyl (C=O) groups excluding carboxylic acids is 2. The first kappa shape index (κ1) is 20.9. The summed E-state index contributed by atoms with van der Waals surface area (Å²) in [7, 11) is 0. The minimum atomic E-state index is -1.06. The molecule has 0 radical (unpaired) electrons. The molecule has 0 atom stereocenters. The molecule has 2 N–H and O–H groups in total. The number of hydrogen-bond acceptors (Lipinski definition) is 4. The van der Waals surface area contributed by atoms with Crippen LogP contribution in [0.3, 0.4) is 0 Å². The number of carboxylic acids is 1. The van der Waals surface area contributed by atoms with Gasteiger partial charge in [-0.1, -0.05) is 30.9 Å². The molecule has 2 heterocycles. The average Bonchev–Trinajstić information content (AvgIpc) is 3.11. The molecule has 2 amide bonds. The summed E-state index contributed by atoms with van der Waals surface area (Å²) in [6, 6.07) is 6.41. The zero-order valence-electron chi connectivity index (χ0n) is 16.4. The summed E-state index contributed by atoms with van der Waals surface area (Å²) >= 11 is 7.12. The third-order valence-corrected chi connectivity index (χ3v) is 7.25. The average molecular weight is 447 g/mol. The van der Waals surface area contributed by atoms with Gasteiger partial charge in [0.05, 0.1) is 12.1 Å². The Kier molecular flexibility index (Phi) is 6.11. The second-order valence-corrected chi connectivity index (χ2v) is 9.36. The fourth-order valence-corrected chi connectivity index (χ4v) is 5.67. The largest absolute Gasteiger partial charge is 0.478 e. The van der Waals surface area contributed by atoms with Crippen molar-refractivity contribution in [1.82, 2.24) is 4.90 Å². The van der Waals surface area contributed by atoms with Crippen molar-refractivity contribution in [3.63, 3.8) is 0 Å². The van der Waals surface area contributed by atoms with Crippen LogP contribution in [0.2, 0.25) is 5.02 Å². The highest BCUT2D eigenvalue weighted by molar-refractivity contribution is 7.17. The minimum Gasteiger partial charge on any atom is -0.478 e. The number of thiophene rings is 1. The van der Waals surface area contributed by atoms with E-state index in [1.165, 1.54) is 17.8 Å². The standard InChI is InChI=1S/C22H23ClN2O4S/c23-15-8-6-13(7-9-15)19(26)24-20-18(22(28)29)16-10-11-25(12-17(16)30-20)21(27)14-4-2-1-3-5-14/h6-9,14H,1-5,10-12H2,(H,24,26)(H,28,29). The molecule has 4 rings (SSSR count). The molecular formula is C22H23ClN2O4S. The summed E-state index contributed by atoms with van der Waals surface area (Å²) in [4.78, 5) is 40.1. The number of nitrogens with one attached hydrogen (secondary N) is 1. The van der Waals surface area contributed by atoms with Gasteiger partial charge in [-0.05, 0) is 49.1 Å². The molecule has 30 heavy (non-hydrogen) atoms. The van der Waals surface area contributed by atoms with Crippen LogP contribution >= 0.6 is 22.9 Å². The molecule has 1 aliphatic carbocycles. The minimum absolute atomic E-state index is 0.0864. The van der Waals surface area contributed by atoms with Crippen LogP contribution in [0.5, 0.6) is 0 Å². The van der Waals surface area contributed by atoms with Gasteiger partial charge in [-0.25, -0.2) is 4.79 Å². The lowest BCUT2D eigenvalue weighted by molar-refractivity contribution is -0.137. The first-order valence-corrected chi connectivity index (χ1v) is 11.4. The summed E-state index contributed by atoms with van der Waals surface area (Å²) in [5, 5.41) is 13.4. The highest BCUT2D eigenvalue weighted by Crippen LogP contribution is 2.38. The number of amides is 2. The Morgan fingerprint density at radius 3 is 2.47 bits per heavy atom. The van der Waals surface area contributed by atoms with Crippen LogP contribution in [0.1, 0.15) is 63.3 Å². The second-order valence-electron chi connectivity index (χ2n) is 7.82. The van der Waals surface area contributed by atoms with E-state index in [-0.39, 0.29) is 23.3 Å². The maximum Gasteiger partial charge on any atom is 0.339 e. The zero-order valence-corrected chi connectivity index (χ0v) is 18.0. The fourth-order valence-electron chi connectivity index (χ4n) is 4.29. The number of anilines is 1. The number of rotatable bonds is 4. The first-order valence-electron chi connectivity index (χ1n) is 10.2. The smallest absolute Gasteiger partial charge is 0.339 e. The number of fused-ring (bicyclic) bond motifs is 1. The Hall–Kier alpha value is -2.38. The Morgan fingerprint density at radius 1 is 1.10 bits per heavy atom. The van der Waals surface area contributed by atoms with Gasteiger partial charge in [-0.15, -0.1) is 11.3 Å². The number of benzene rings is 1. The van der Waals surface area contributed by atoms with Gasteiger partial charge in [0, 0.05) is 27.9 Å². The molecule has 1 saturated carbocycles. The maximum atomic E-state index is 12.9. The van der Waals surface area contributed by atoms with Gasteiger partial charge in [-0.3, -0.25) is 9.59 Å². The predicted molar refractivity (Wildman–Crippen MR) is 116 cm³/mol. The van der Waals surface area contributed by atoms with Crippen LogP contribution in [-0.4, -0.2) is 34.3 Å². The van der Waals surface area contributed by atoms with Crippen LogP contribution < -0.4 is 5.32 Å².